The zero-order valence-corrected chi connectivity index (χ0v) is 17.4. The summed E-state index contributed by atoms with van der Waals surface area (Å²) in [4.78, 5) is 23.4. The maximum atomic E-state index is 12.4. The van der Waals surface area contributed by atoms with E-state index in [1.165, 1.54) is 13.2 Å². The van der Waals surface area contributed by atoms with Gasteiger partial charge in [0.1, 0.15) is 11.6 Å². The van der Waals surface area contributed by atoms with Crippen LogP contribution >= 0.6 is 22.6 Å². The van der Waals surface area contributed by atoms with Gasteiger partial charge in [0.25, 0.3) is 11.8 Å². The van der Waals surface area contributed by atoms with Crippen molar-refractivity contribution in [1.82, 2.24) is 0 Å². The molecule has 0 heterocycles. The molecule has 7 nitrogen and oxygen atoms in total. The number of hydrogen-bond donors (Lipinski definition) is 2. The molecule has 144 valence electrons. The molecule has 0 spiro atoms. The van der Waals surface area contributed by atoms with Crippen LogP contribution in [-0.4, -0.2) is 25.5 Å². The topological polar surface area (TPSA) is 114 Å². The monoisotopic (exact) mass is 491 g/mol. The molecule has 0 unspecified atom stereocenters. The summed E-state index contributed by atoms with van der Waals surface area (Å²) in [7, 11) is 1.45. The summed E-state index contributed by atoms with van der Waals surface area (Å²) < 4.78 is 11.3. The van der Waals surface area contributed by atoms with Crippen LogP contribution in [0.25, 0.3) is 6.08 Å². The van der Waals surface area contributed by atoms with E-state index in [4.69, 9.17) is 15.2 Å². The highest BCUT2D eigenvalue weighted by Crippen LogP contribution is 2.34. The largest absolute Gasteiger partial charge is 0.493 e. The Morgan fingerprint density at radius 3 is 2.68 bits per heavy atom. The highest BCUT2D eigenvalue weighted by Gasteiger charge is 2.14. The number of nitrogens with two attached hydrogens (primary N) is 1. The van der Waals surface area contributed by atoms with Gasteiger partial charge in [-0.05, 0) is 71.0 Å². The molecule has 0 saturated carbocycles. The van der Waals surface area contributed by atoms with Crippen molar-refractivity contribution in [2.24, 2.45) is 5.73 Å². The third kappa shape index (κ3) is 5.72. The second kappa shape index (κ2) is 9.75. The Hall–Kier alpha value is -3.06. The summed E-state index contributed by atoms with van der Waals surface area (Å²) in [5, 5.41) is 12.1. The number of nitrogens with zero attached hydrogens (tertiary/aromatic N) is 1. The number of rotatable bonds is 7. The molecule has 0 aliphatic rings. The number of primary amides is 1. The summed E-state index contributed by atoms with van der Waals surface area (Å²) in [6.07, 6.45) is 1.45. The van der Waals surface area contributed by atoms with Crippen molar-refractivity contribution in [3.8, 4) is 17.6 Å². The molecule has 0 radical (unpaired) electrons. The van der Waals surface area contributed by atoms with Gasteiger partial charge in [0.2, 0.25) is 0 Å². The van der Waals surface area contributed by atoms with Crippen molar-refractivity contribution >= 4 is 46.2 Å². The molecule has 2 aromatic carbocycles. The molecule has 0 fully saturated rings. The number of hydrogen-bond acceptors (Lipinski definition) is 5. The lowest BCUT2D eigenvalue weighted by molar-refractivity contribution is -0.120. The van der Waals surface area contributed by atoms with Crippen LogP contribution < -0.4 is 20.5 Å². The number of halogens is 1. The van der Waals surface area contributed by atoms with E-state index in [-0.39, 0.29) is 12.2 Å². The molecular weight excluding hydrogens is 473 g/mol. The maximum Gasteiger partial charge on any atom is 0.266 e. The number of carbonyl (C=O) groups excluding carboxylic acids is 2. The number of ether oxygens (including phenoxy) is 2. The summed E-state index contributed by atoms with van der Waals surface area (Å²) in [6.45, 7) is 1.62. The fourth-order valence-corrected chi connectivity index (χ4v) is 3.12. The van der Waals surface area contributed by atoms with Gasteiger partial charge in [-0.3, -0.25) is 9.59 Å². The van der Waals surface area contributed by atoms with Gasteiger partial charge in [0.05, 0.1) is 10.7 Å². The van der Waals surface area contributed by atoms with Gasteiger partial charge >= 0.3 is 0 Å². The van der Waals surface area contributed by atoms with Crippen LogP contribution in [0.15, 0.2) is 42.0 Å². The number of nitrogens with one attached hydrogen (secondary N) is 1. The Balaban J connectivity index is 2.30. The minimum Gasteiger partial charge on any atom is -0.493 e. The molecule has 0 bridgehead atoms. The second-order valence-corrected chi connectivity index (χ2v) is 6.94. The number of carbonyl (C=O) groups is 2. The minimum absolute atomic E-state index is 0.0647. The summed E-state index contributed by atoms with van der Waals surface area (Å²) in [5.41, 5.74) is 7.21. The van der Waals surface area contributed by atoms with Crippen LogP contribution in [0.3, 0.4) is 0 Å². The van der Waals surface area contributed by atoms with Crippen molar-refractivity contribution in [1.29, 1.82) is 5.26 Å². The van der Waals surface area contributed by atoms with Gasteiger partial charge in [-0.15, -0.1) is 0 Å². The van der Waals surface area contributed by atoms with Crippen molar-refractivity contribution in [3.63, 3.8) is 0 Å². The average Bonchev–Trinajstić information content (AvgIpc) is 2.64. The molecule has 2 rings (SSSR count). The van der Waals surface area contributed by atoms with Gasteiger partial charge in [-0.25, -0.2) is 0 Å². The van der Waals surface area contributed by atoms with Crippen LogP contribution in [0.1, 0.15) is 11.1 Å². The smallest absolute Gasteiger partial charge is 0.266 e. The number of methoxy groups -OCH3 is 1. The van der Waals surface area contributed by atoms with E-state index in [1.807, 2.05) is 53.8 Å². The summed E-state index contributed by atoms with van der Waals surface area (Å²) in [5.74, 6) is -0.407. The first kappa shape index (κ1) is 21.2. The molecule has 2 aromatic rings. The zero-order chi connectivity index (χ0) is 20.7. The van der Waals surface area contributed by atoms with E-state index in [9.17, 15) is 14.9 Å². The lowest BCUT2D eigenvalue weighted by Gasteiger charge is -2.12. The SMILES string of the molecule is COc1cc(/C=C(\C#N)C(=O)Nc2cccc(C)c2)cc(I)c1OCC(N)=O. The van der Waals surface area contributed by atoms with Gasteiger partial charge in [-0.2, -0.15) is 5.26 Å². The number of benzene rings is 2. The lowest BCUT2D eigenvalue weighted by atomic mass is 10.1. The lowest BCUT2D eigenvalue weighted by Crippen LogP contribution is -2.20. The minimum atomic E-state index is -0.610. The van der Waals surface area contributed by atoms with Gasteiger partial charge in [0, 0.05) is 5.69 Å². The number of nitriles is 1. The Kier molecular flexibility index (Phi) is 7.40. The predicted octanol–water partition coefficient (Wildman–Crippen LogP) is 3.02. The van der Waals surface area contributed by atoms with Crippen molar-refractivity contribution in [2.45, 2.75) is 6.92 Å². The van der Waals surface area contributed by atoms with E-state index < -0.39 is 11.8 Å². The highest BCUT2D eigenvalue weighted by atomic mass is 127. The summed E-state index contributed by atoms with van der Waals surface area (Å²) in [6, 6.07) is 12.5. The first-order valence-electron chi connectivity index (χ1n) is 8.12. The van der Waals surface area contributed by atoms with Crippen LogP contribution in [0.5, 0.6) is 11.5 Å². The molecule has 8 heteroatoms. The summed E-state index contributed by atoms with van der Waals surface area (Å²) >= 11 is 2.01. The van der Waals surface area contributed by atoms with Gasteiger partial charge in [-0.1, -0.05) is 12.1 Å². The van der Waals surface area contributed by atoms with E-state index in [2.05, 4.69) is 5.32 Å². The molecule has 0 saturated heterocycles. The molecule has 2 amide bonds. The number of aryl methyl sites for hydroxylation is 1. The van der Waals surface area contributed by atoms with E-state index >= 15 is 0 Å². The second-order valence-electron chi connectivity index (χ2n) is 5.78. The first-order valence-corrected chi connectivity index (χ1v) is 9.20. The van der Waals surface area contributed by atoms with Crippen LogP contribution in [0, 0.1) is 21.8 Å². The quantitative estimate of drug-likeness (QED) is 0.351. The van der Waals surface area contributed by atoms with Crippen LogP contribution in [-0.2, 0) is 9.59 Å². The number of anilines is 1. The molecule has 3 N–H and O–H groups in total. The average molecular weight is 491 g/mol. The first-order chi connectivity index (χ1) is 13.3. The fourth-order valence-electron chi connectivity index (χ4n) is 2.34. The van der Waals surface area contributed by atoms with Crippen LogP contribution in [0.4, 0.5) is 5.69 Å². The number of amides is 2. The van der Waals surface area contributed by atoms with E-state index in [0.29, 0.717) is 26.3 Å². The molecule has 0 aliphatic carbocycles. The Morgan fingerprint density at radius 1 is 1.32 bits per heavy atom. The van der Waals surface area contributed by atoms with Gasteiger partial charge < -0.3 is 20.5 Å². The molecule has 0 atom stereocenters. The Bertz CT molecular complexity index is 980. The third-order valence-electron chi connectivity index (χ3n) is 3.56. The van der Waals surface area contributed by atoms with Crippen molar-refractivity contribution in [2.75, 3.05) is 19.0 Å². The molecule has 0 aliphatic heterocycles. The van der Waals surface area contributed by atoms with Gasteiger partial charge in [0.15, 0.2) is 18.1 Å². The Labute approximate surface area is 176 Å². The predicted molar refractivity (Wildman–Crippen MR) is 114 cm³/mol. The fraction of sp³-hybridized carbons (Fsp3) is 0.150. The van der Waals surface area contributed by atoms with E-state index in [0.717, 1.165) is 5.56 Å². The third-order valence-corrected chi connectivity index (χ3v) is 4.36. The zero-order valence-electron chi connectivity index (χ0n) is 15.3. The van der Waals surface area contributed by atoms with Crippen LogP contribution in [0.2, 0.25) is 0 Å². The molecular formula is C20H18IN3O4. The van der Waals surface area contributed by atoms with Crippen molar-refractivity contribution in [3.05, 3.63) is 56.7 Å². The van der Waals surface area contributed by atoms with Crippen molar-refractivity contribution < 1.29 is 19.1 Å². The molecule has 0 aromatic heterocycles. The Morgan fingerprint density at radius 2 is 2.07 bits per heavy atom. The standard InChI is InChI=1S/C20H18IN3O4/c1-12-4-3-5-15(6-12)24-20(26)14(10-22)7-13-8-16(21)19(17(9-13)27-2)28-11-18(23)25/h3-9H,11H2,1-2H3,(H2,23,25)(H,24,26)/b14-7+. The maximum absolute atomic E-state index is 12.4. The normalized spacial score (nSPS) is 10.7. The van der Waals surface area contributed by atoms with E-state index in [1.54, 1.807) is 18.2 Å². The highest BCUT2D eigenvalue weighted by molar-refractivity contribution is 14.1. The molecule has 28 heavy (non-hydrogen) atoms.